The molecule has 0 aromatic heterocycles. The van der Waals surface area contributed by atoms with Gasteiger partial charge >= 0.3 is 0 Å². The molecule has 0 aliphatic carbocycles. The zero-order valence-corrected chi connectivity index (χ0v) is 34.6. The topological polar surface area (TPSA) is 86.7 Å². The van der Waals surface area contributed by atoms with Crippen molar-refractivity contribution in [3.8, 4) is 28.4 Å². The highest BCUT2D eigenvalue weighted by Crippen LogP contribution is 2.37. The quantitative estimate of drug-likeness (QED) is 0.103. The maximum absolute atomic E-state index is 13.4. The van der Waals surface area contributed by atoms with Gasteiger partial charge in [-0.05, 0) is 145 Å². The van der Waals surface area contributed by atoms with Gasteiger partial charge in [0.25, 0.3) is 0 Å². The third-order valence-electron chi connectivity index (χ3n) is 11.3. The molecule has 0 spiro atoms. The van der Waals surface area contributed by atoms with E-state index in [1.54, 1.807) is 72.8 Å². The van der Waals surface area contributed by atoms with Gasteiger partial charge in [-0.2, -0.15) is 0 Å². The van der Waals surface area contributed by atoms with Crippen molar-refractivity contribution in [2.75, 3.05) is 0 Å². The van der Waals surface area contributed by atoms with Crippen LogP contribution in [-0.2, 0) is 30.7 Å². The second-order valence-electron chi connectivity index (χ2n) is 14.6. The van der Waals surface area contributed by atoms with E-state index in [2.05, 4.69) is 34.6 Å². The van der Waals surface area contributed by atoms with Gasteiger partial charge in [0, 0.05) is 0 Å². The lowest BCUT2D eigenvalue weighted by Gasteiger charge is -2.33. The summed E-state index contributed by atoms with van der Waals surface area (Å²) in [5.74, 6) is 1.88. The first-order chi connectivity index (χ1) is 26.8. The summed E-state index contributed by atoms with van der Waals surface area (Å²) in [5.41, 5.74) is 4.45. The van der Waals surface area contributed by atoms with Crippen molar-refractivity contribution in [1.82, 2.24) is 0 Å². The molecule has 0 N–H and O–H groups in total. The minimum Gasteiger partial charge on any atom is -0.483 e. The van der Waals surface area contributed by atoms with Crippen molar-refractivity contribution in [2.45, 2.75) is 97.8 Å². The Morgan fingerprint density at radius 2 is 0.768 bits per heavy atom. The molecule has 6 rings (SSSR count). The van der Waals surface area contributed by atoms with Gasteiger partial charge < -0.3 is 9.47 Å². The number of sulfone groups is 2. The summed E-state index contributed by atoms with van der Waals surface area (Å²) in [7, 11) is -7.30. The molecule has 0 heterocycles. The summed E-state index contributed by atoms with van der Waals surface area (Å²) in [6.07, 6.45) is 3.35. The molecule has 0 fully saturated rings. The highest BCUT2D eigenvalue weighted by atomic mass is 32.2. The van der Waals surface area contributed by atoms with Crippen LogP contribution in [0.5, 0.6) is 17.2 Å². The third-order valence-corrected chi connectivity index (χ3v) is 14.9. The van der Waals surface area contributed by atoms with E-state index < -0.39 is 25.3 Å². The smallest absolute Gasteiger partial charge is 0.206 e. The van der Waals surface area contributed by atoms with Crippen molar-refractivity contribution in [3.63, 3.8) is 0 Å². The van der Waals surface area contributed by atoms with Crippen molar-refractivity contribution < 1.29 is 26.3 Å². The fourth-order valence-electron chi connectivity index (χ4n) is 6.96. The van der Waals surface area contributed by atoms with E-state index in [9.17, 15) is 16.8 Å². The zero-order valence-electron chi connectivity index (χ0n) is 33.0. The lowest BCUT2D eigenvalue weighted by atomic mass is 9.78. The van der Waals surface area contributed by atoms with Crippen LogP contribution in [0.1, 0.15) is 77.0 Å². The number of benzene rings is 6. The van der Waals surface area contributed by atoms with Crippen LogP contribution in [0.25, 0.3) is 11.1 Å². The van der Waals surface area contributed by atoms with Crippen molar-refractivity contribution in [3.05, 3.63) is 162 Å². The Morgan fingerprint density at radius 3 is 1.16 bits per heavy atom. The van der Waals surface area contributed by atoms with Gasteiger partial charge in [0.05, 0.1) is 19.6 Å². The molecular formula is C48H50O6S2. The Hall–Kier alpha value is -5.18. The van der Waals surface area contributed by atoms with Crippen LogP contribution in [0.2, 0.25) is 0 Å². The lowest BCUT2D eigenvalue weighted by Crippen LogP contribution is -2.31. The molecule has 8 heteroatoms. The predicted molar refractivity (Wildman–Crippen MR) is 224 cm³/mol. The molecule has 6 aromatic rings. The summed E-state index contributed by atoms with van der Waals surface area (Å²) in [5, 5.41) is 0. The van der Waals surface area contributed by atoms with E-state index in [0.717, 1.165) is 40.7 Å². The number of rotatable bonds is 15. The van der Waals surface area contributed by atoms with E-state index in [1.165, 1.54) is 0 Å². The van der Waals surface area contributed by atoms with Crippen LogP contribution in [0.3, 0.4) is 0 Å². The maximum Gasteiger partial charge on any atom is 0.206 e. The first kappa shape index (κ1) is 40.5. The van der Waals surface area contributed by atoms with Gasteiger partial charge in [-0.15, -0.1) is 0 Å². The molecule has 0 amide bonds. The number of ether oxygens (including phenoxy) is 2. The van der Waals surface area contributed by atoms with Crippen LogP contribution >= 0.6 is 0 Å². The Labute approximate surface area is 333 Å². The maximum atomic E-state index is 13.4. The minimum absolute atomic E-state index is 0.0198. The molecule has 290 valence electrons. The largest absolute Gasteiger partial charge is 0.483 e. The Kier molecular flexibility index (Phi) is 11.9. The second kappa shape index (κ2) is 16.5. The summed E-state index contributed by atoms with van der Waals surface area (Å²) in [4.78, 5) is 1.01. The predicted octanol–water partition coefficient (Wildman–Crippen LogP) is 12.3. The lowest BCUT2D eigenvalue weighted by molar-refractivity contribution is 0.0573. The van der Waals surface area contributed by atoms with E-state index in [0.29, 0.717) is 30.1 Å². The molecular weight excluding hydrogens is 737 g/mol. The fraction of sp³-hybridized carbons (Fsp3) is 0.250. The van der Waals surface area contributed by atoms with Gasteiger partial charge in [0.1, 0.15) is 22.8 Å². The molecule has 56 heavy (non-hydrogen) atoms. The highest BCUT2D eigenvalue weighted by molar-refractivity contribution is 7.91. The molecule has 6 nitrogen and oxygen atoms in total. The normalized spacial score (nSPS) is 12.3. The Morgan fingerprint density at radius 1 is 0.429 bits per heavy atom. The summed E-state index contributed by atoms with van der Waals surface area (Å²) in [6, 6.07) is 43.4. The van der Waals surface area contributed by atoms with Crippen LogP contribution in [0, 0.1) is 6.92 Å². The van der Waals surface area contributed by atoms with Crippen molar-refractivity contribution in [2.24, 2.45) is 0 Å². The van der Waals surface area contributed by atoms with Crippen molar-refractivity contribution in [1.29, 1.82) is 0 Å². The van der Waals surface area contributed by atoms with Crippen LogP contribution in [0.15, 0.2) is 165 Å². The average molecular weight is 787 g/mol. The van der Waals surface area contributed by atoms with E-state index in [4.69, 9.17) is 9.47 Å². The molecule has 0 aliphatic heterocycles. The van der Waals surface area contributed by atoms with Crippen LogP contribution < -0.4 is 9.47 Å². The van der Waals surface area contributed by atoms with Gasteiger partial charge in [-0.25, -0.2) is 16.8 Å². The molecule has 0 unspecified atom stereocenters. The zero-order chi connectivity index (χ0) is 40.1. The van der Waals surface area contributed by atoms with E-state index >= 15 is 0 Å². The van der Waals surface area contributed by atoms with Gasteiger partial charge in [-0.1, -0.05) is 101 Å². The first-order valence-corrected chi connectivity index (χ1v) is 22.2. The fourth-order valence-corrected chi connectivity index (χ4v) is 9.48. The number of hydrogen-bond acceptors (Lipinski definition) is 6. The molecule has 0 saturated carbocycles. The number of aryl methyl sites for hydroxylation is 1. The van der Waals surface area contributed by atoms with Gasteiger partial charge in [0.2, 0.25) is 19.7 Å². The van der Waals surface area contributed by atoms with Crippen molar-refractivity contribution >= 4 is 19.7 Å². The molecule has 0 radical (unpaired) electrons. The Bertz CT molecular complexity index is 2450. The molecule has 0 saturated heterocycles. The SMILES string of the molecule is CCC(C)(CC)c1ccc(S(=O)(=O)c2ccc(Oc3ccc(-c4ccc(OC(CC)(CC)c5ccc(S(=O)(=O)c6ccc(C)cc6)cc5)cc4)cc3)cc2)cc1. The third kappa shape index (κ3) is 8.32. The van der Waals surface area contributed by atoms with Gasteiger partial charge in [0.15, 0.2) is 0 Å². The molecule has 0 bridgehead atoms. The minimum atomic E-state index is -3.67. The summed E-state index contributed by atoms with van der Waals surface area (Å²) < 4.78 is 66.0. The molecule has 0 aliphatic rings. The van der Waals surface area contributed by atoms with Crippen LogP contribution in [-0.4, -0.2) is 16.8 Å². The first-order valence-electron chi connectivity index (χ1n) is 19.2. The highest BCUT2D eigenvalue weighted by Gasteiger charge is 2.32. The van der Waals surface area contributed by atoms with Crippen LogP contribution in [0.4, 0.5) is 0 Å². The van der Waals surface area contributed by atoms with Gasteiger partial charge in [-0.3, -0.25) is 0 Å². The van der Waals surface area contributed by atoms with E-state index in [-0.39, 0.29) is 25.0 Å². The average Bonchev–Trinajstić information content (AvgIpc) is 3.23. The molecule has 6 aromatic carbocycles. The molecule has 0 atom stereocenters. The second-order valence-corrected chi connectivity index (χ2v) is 18.5. The number of hydrogen-bond donors (Lipinski definition) is 0. The standard InChI is InChI=1S/C48H50O6S2/c1-7-47(6,8-2)38-17-29-44(30-18-38)56(51,52)46-33-25-41(26-34-46)53-40-21-13-36(14-22-40)37-15-23-42(24-16-37)54-48(9-3,10-4)39-19-31-45(32-20-39)55(49,50)43-27-11-35(5)12-28-43/h11-34H,7-10H2,1-6H3. The summed E-state index contributed by atoms with van der Waals surface area (Å²) >= 11 is 0. The monoisotopic (exact) mass is 786 g/mol. The summed E-state index contributed by atoms with van der Waals surface area (Å²) in [6.45, 7) is 12.6. The van der Waals surface area contributed by atoms with E-state index in [1.807, 2.05) is 79.7 Å². The Balaban J connectivity index is 1.10.